The predicted molar refractivity (Wildman–Crippen MR) is 134 cm³/mol. The van der Waals surface area contributed by atoms with Gasteiger partial charge in [0.25, 0.3) is 5.88 Å². The van der Waals surface area contributed by atoms with Crippen LogP contribution >= 0.6 is 0 Å². The summed E-state index contributed by atoms with van der Waals surface area (Å²) in [4.78, 5) is 20.1. The molecule has 1 saturated carbocycles. The summed E-state index contributed by atoms with van der Waals surface area (Å²) in [6, 6.07) is 14.5. The zero-order valence-electron chi connectivity index (χ0n) is 20.1. The first-order valence-electron chi connectivity index (χ1n) is 12.1. The van der Waals surface area contributed by atoms with Crippen LogP contribution in [0.4, 0.5) is 0 Å². The minimum atomic E-state index is -0.967. The Kier molecular flexibility index (Phi) is 6.93. The predicted octanol–water partition coefficient (Wildman–Crippen LogP) is 5.20. The van der Waals surface area contributed by atoms with Crippen LogP contribution in [0.5, 0.6) is 11.6 Å². The molecular formula is C28H28N4O4. The zero-order chi connectivity index (χ0) is 24.9. The van der Waals surface area contributed by atoms with Crippen LogP contribution in [0.15, 0.2) is 73.3 Å². The van der Waals surface area contributed by atoms with Crippen LogP contribution in [0.1, 0.15) is 53.2 Å². The molecule has 1 aliphatic carbocycles. The molecule has 0 amide bonds. The highest BCUT2D eigenvalue weighted by Crippen LogP contribution is 2.34. The normalized spacial score (nSPS) is 14.5. The van der Waals surface area contributed by atoms with Crippen LogP contribution in [0, 0.1) is 0 Å². The van der Waals surface area contributed by atoms with Crippen molar-refractivity contribution in [1.29, 1.82) is 0 Å². The smallest absolute Gasteiger partial charge is 0.335 e. The fourth-order valence-electron chi connectivity index (χ4n) is 4.64. The molecule has 3 heterocycles. The average Bonchev–Trinajstić information content (AvgIpc) is 3.61. The van der Waals surface area contributed by atoms with Gasteiger partial charge in [-0.2, -0.15) is 5.10 Å². The van der Waals surface area contributed by atoms with Crippen LogP contribution in [0.2, 0.25) is 0 Å². The van der Waals surface area contributed by atoms with Gasteiger partial charge in [-0.3, -0.25) is 9.67 Å². The number of nitrogens with zero attached hydrogens (tertiary/aromatic N) is 4. The minimum absolute atomic E-state index is 0.173. The summed E-state index contributed by atoms with van der Waals surface area (Å²) in [5, 5.41) is 14.2. The van der Waals surface area contributed by atoms with Gasteiger partial charge in [-0.1, -0.05) is 12.1 Å². The highest BCUT2D eigenvalue weighted by Gasteiger charge is 2.23. The fraction of sp³-hybridized carbons (Fsp3) is 0.286. The number of aromatic nitrogens is 4. The first-order valence-corrected chi connectivity index (χ1v) is 12.1. The maximum Gasteiger partial charge on any atom is 0.335 e. The lowest BCUT2D eigenvalue weighted by Crippen LogP contribution is -2.16. The minimum Gasteiger partial charge on any atom is -0.485 e. The van der Waals surface area contributed by atoms with Crippen molar-refractivity contribution in [1.82, 2.24) is 19.7 Å². The summed E-state index contributed by atoms with van der Waals surface area (Å²) in [7, 11) is 1.60. The second-order valence-electron chi connectivity index (χ2n) is 8.94. The number of carboxylic acids is 1. The zero-order valence-corrected chi connectivity index (χ0v) is 20.1. The average molecular weight is 485 g/mol. The highest BCUT2D eigenvalue weighted by molar-refractivity contribution is 5.89. The molecule has 1 aromatic carbocycles. The molecule has 8 nitrogen and oxygen atoms in total. The van der Waals surface area contributed by atoms with E-state index in [9.17, 15) is 9.90 Å². The number of pyridine rings is 2. The number of methoxy groups -OCH3 is 1. The van der Waals surface area contributed by atoms with Crippen molar-refractivity contribution < 1.29 is 19.4 Å². The van der Waals surface area contributed by atoms with E-state index in [1.807, 2.05) is 41.2 Å². The SMILES string of the molecule is COc1ncc(C(Cc2ccncc2)n2ccc(-c3cccc(C(=O)O)c3)n2)cc1OC1CCCC1. The third-order valence-electron chi connectivity index (χ3n) is 6.52. The van der Waals surface area contributed by atoms with E-state index in [4.69, 9.17) is 14.6 Å². The summed E-state index contributed by atoms with van der Waals surface area (Å²) in [6.45, 7) is 0. The van der Waals surface area contributed by atoms with Gasteiger partial charge in [0.2, 0.25) is 0 Å². The molecule has 1 atom stereocenters. The Morgan fingerprint density at radius 1 is 1.14 bits per heavy atom. The fourth-order valence-corrected chi connectivity index (χ4v) is 4.64. The molecule has 0 radical (unpaired) electrons. The molecule has 0 spiro atoms. The molecule has 8 heteroatoms. The Morgan fingerprint density at radius 2 is 1.94 bits per heavy atom. The van der Waals surface area contributed by atoms with Crippen molar-refractivity contribution in [3.05, 3.63) is 90.0 Å². The van der Waals surface area contributed by atoms with Crippen LogP contribution < -0.4 is 9.47 Å². The van der Waals surface area contributed by atoms with Crippen LogP contribution in [0.25, 0.3) is 11.3 Å². The number of carboxylic acid groups (broad SMARTS) is 1. The maximum atomic E-state index is 11.4. The van der Waals surface area contributed by atoms with E-state index in [2.05, 4.69) is 9.97 Å². The topological polar surface area (TPSA) is 99.4 Å². The van der Waals surface area contributed by atoms with Gasteiger partial charge in [0.15, 0.2) is 5.75 Å². The monoisotopic (exact) mass is 484 g/mol. The van der Waals surface area contributed by atoms with E-state index >= 15 is 0 Å². The number of hydrogen-bond donors (Lipinski definition) is 1. The number of benzene rings is 1. The van der Waals surface area contributed by atoms with Crippen molar-refractivity contribution in [3.63, 3.8) is 0 Å². The summed E-state index contributed by atoms with van der Waals surface area (Å²) < 4.78 is 13.7. The lowest BCUT2D eigenvalue weighted by molar-refractivity contribution is 0.0697. The Labute approximate surface area is 209 Å². The van der Waals surface area contributed by atoms with Crippen molar-refractivity contribution >= 4 is 5.97 Å². The Balaban J connectivity index is 1.51. The van der Waals surface area contributed by atoms with Crippen LogP contribution in [-0.2, 0) is 6.42 Å². The molecule has 0 aliphatic heterocycles. The molecule has 0 saturated heterocycles. The Morgan fingerprint density at radius 3 is 2.69 bits per heavy atom. The molecule has 3 aromatic heterocycles. The molecule has 184 valence electrons. The van der Waals surface area contributed by atoms with Gasteiger partial charge in [0.05, 0.1) is 30.5 Å². The van der Waals surface area contributed by atoms with Crippen LogP contribution in [0.3, 0.4) is 0 Å². The van der Waals surface area contributed by atoms with Gasteiger partial charge in [-0.05, 0) is 79.6 Å². The third kappa shape index (κ3) is 5.22. The molecule has 0 bridgehead atoms. The standard InChI is InChI=1S/C28H28N4O4/c1-35-27-26(36-23-7-2-3-8-23)17-22(18-30-27)25(15-19-9-12-29-13-10-19)32-14-11-24(31-32)20-5-4-6-21(16-20)28(33)34/h4-6,9-14,16-18,23,25H,2-3,7-8,15H2,1H3,(H,33,34). The highest BCUT2D eigenvalue weighted by atomic mass is 16.5. The summed E-state index contributed by atoms with van der Waals surface area (Å²) >= 11 is 0. The summed E-state index contributed by atoms with van der Waals surface area (Å²) in [5.74, 6) is 0.147. The van der Waals surface area contributed by atoms with E-state index in [-0.39, 0.29) is 17.7 Å². The molecule has 1 fully saturated rings. The van der Waals surface area contributed by atoms with Gasteiger partial charge in [0.1, 0.15) is 0 Å². The number of hydrogen-bond acceptors (Lipinski definition) is 6. The number of carbonyl (C=O) groups is 1. The number of ether oxygens (including phenoxy) is 2. The van der Waals surface area contributed by atoms with E-state index < -0.39 is 5.97 Å². The first kappa shape index (κ1) is 23.5. The molecule has 1 aliphatic rings. The van der Waals surface area contributed by atoms with E-state index in [1.165, 1.54) is 12.8 Å². The number of rotatable bonds is 9. The quantitative estimate of drug-likeness (QED) is 0.349. The van der Waals surface area contributed by atoms with Crippen molar-refractivity contribution in [3.8, 4) is 22.9 Å². The summed E-state index contributed by atoms with van der Waals surface area (Å²) in [6.07, 6.45) is 12.5. The van der Waals surface area contributed by atoms with Gasteiger partial charge < -0.3 is 14.6 Å². The van der Waals surface area contributed by atoms with E-state index in [0.29, 0.717) is 23.7 Å². The Bertz CT molecular complexity index is 1330. The van der Waals surface area contributed by atoms with Gasteiger partial charge >= 0.3 is 5.97 Å². The molecule has 1 unspecified atom stereocenters. The van der Waals surface area contributed by atoms with Gasteiger partial charge in [0, 0.05) is 30.4 Å². The third-order valence-corrected chi connectivity index (χ3v) is 6.52. The maximum absolute atomic E-state index is 11.4. The molecule has 4 aromatic rings. The van der Waals surface area contributed by atoms with Crippen molar-refractivity contribution in [2.45, 2.75) is 44.2 Å². The Hall–Kier alpha value is -4.20. The van der Waals surface area contributed by atoms with E-state index in [0.717, 1.165) is 29.5 Å². The van der Waals surface area contributed by atoms with Crippen LogP contribution in [-0.4, -0.2) is 44.0 Å². The summed E-state index contributed by atoms with van der Waals surface area (Å²) in [5.41, 5.74) is 3.71. The van der Waals surface area contributed by atoms with Crippen molar-refractivity contribution in [2.75, 3.05) is 7.11 Å². The van der Waals surface area contributed by atoms with E-state index in [1.54, 1.807) is 43.9 Å². The second-order valence-corrected chi connectivity index (χ2v) is 8.94. The lowest BCUT2D eigenvalue weighted by atomic mass is 10.0. The lowest BCUT2D eigenvalue weighted by Gasteiger charge is -2.21. The largest absolute Gasteiger partial charge is 0.485 e. The first-order chi connectivity index (χ1) is 17.6. The molecule has 5 rings (SSSR count). The van der Waals surface area contributed by atoms with Crippen molar-refractivity contribution in [2.24, 2.45) is 0 Å². The molecule has 36 heavy (non-hydrogen) atoms. The number of aromatic carboxylic acids is 1. The molecule has 1 N–H and O–H groups in total. The van der Waals surface area contributed by atoms with Gasteiger partial charge in [-0.25, -0.2) is 9.78 Å². The molecular weight excluding hydrogens is 456 g/mol. The second kappa shape index (κ2) is 10.6. The van der Waals surface area contributed by atoms with Gasteiger partial charge in [-0.15, -0.1) is 0 Å².